The number of ether oxygens (including phenoxy) is 1. The summed E-state index contributed by atoms with van der Waals surface area (Å²) >= 11 is 1.63. The zero-order chi connectivity index (χ0) is 12.3. The average molecular weight is 251 g/mol. The Morgan fingerprint density at radius 3 is 3.06 bits per heavy atom. The van der Waals surface area contributed by atoms with Gasteiger partial charge in [0.15, 0.2) is 5.69 Å². The van der Waals surface area contributed by atoms with Crippen molar-refractivity contribution in [2.45, 2.75) is 19.8 Å². The van der Waals surface area contributed by atoms with Crippen molar-refractivity contribution in [2.75, 3.05) is 6.61 Å². The molecule has 1 unspecified atom stereocenters. The van der Waals surface area contributed by atoms with Gasteiger partial charge in [0.25, 0.3) is 0 Å². The average Bonchev–Trinajstić information content (AvgIpc) is 3.00. The van der Waals surface area contributed by atoms with Gasteiger partial charge in [0, 0.05) is 10.8 Å². The number of rotatable bonds is 4. The van der Waals surface area contributed by atoms with Gasteiger partial charge in [0.05, 0.1) is 6.61 Å². The topological polar surface area (TPSA) is 67.9 Å². The van der Waals surface area contributed by atoms with E-state index in [0.29, 0.717) is 12.3 Å². The van der Waals surface area contributed by atoms with E-state index in [2.05, 4.69) is 15.4 Å². The van der Waals surface area contributed by atoms with Gasteiger partial charge in [-0.05, 0) is 18.4 Å². The zero-order valence-corrected chi connectivity index (χ0v) is 10.5. The number of thiophene rings is 1. The van der Waals surface area contributed by atoms with E-state index in [4.69, 9.17) is 4.74 Å². The highest BCUT2D eigenvalue weighted by molar-refractivity contribution is 7.10. The molecule has 0 aliphatic heterocycles. The largest absolute Gasteiger partial charge is 0.461 e. The van der Waals surface area contributed by atoms with E-state index in [9.17, 15) is 4.79 Å². The van der Waals surface area contributed by atoms with Crippen molar-refractivity contribution < 1.29 is 9.53 Å². The lowest BCUT2D eigenvalue weighted by Crippen LogP contribution is -2.10. The summed E-state index contributed by atoms with van der Waals surface area (Å²) in [7, 11) is 0. The van der Waals surface area contributed by atoms with Crippen LogP contribution in [-0.2, 0) is 4.74 Å². The standard InChI is InChI=1S/C11H13N3O2S/c1-3-16-11(15)10-9(12-14-13-10)7(2)8-5-4-6-17-8/h4-7H,3H2,1-2H3,(H,12,13,14). The van der Waals surface area contributed by atoms with Gasteiger partial charge in [-0.3, -0.25) is 0 Å². The third-order valence-electron chi connectivity index (χ3n) is 2.42. The number of carbonyl (C=O) groups is 1. The van der Waals surface area contributed by atoms with Crippen LogP contribution in [0.4, 0.5) is 0 Å². The summed E-state index contributed by atoms with van der Waals surface area (Å²) in [4.78, 5) is 12.8. The Morgan fingerprint density at radius 2 is 2.41 bits per heavy atom. The summed E-state index contributed by atoms with van der Waals surface area (Å²) in [5.74, 6) is -0.396. The van der Waals surface area contributed by atoms with E-state index in [1.54, 1.807) is 18.3 Å². The summed E-state index contributed by atoms with van der Waals surface area (Å²) in [5.41, 5.74) is 0.902. The first kappa shape index (κ1) is 11.8. The molecule has 2 aromatic rings. The van der Waals surface area contributed by atoms with Gasteiger partial charge in [0.2, 0.25) is 0 Å². The summed E-state index contributed by atoms with van der Waals surface area (Å²) in [6.07, 6.45) is 0. The van der Waals surface area contributed by atoms with Crippen LogP contribution in [0.2, 0.25) is 0 Å². The molecule has 0 amide bonds. The van der Waals surface area contributed by atoms with Crippen LogP contribution in [0.15, 0.2) is 17.5 Å². The monoisotopic (exact) mass is 251 g/mol. The molecule has 0 aromatic carbocycles. The second kappa shape index (κ2) is 5.09. The minimum atomic E-state index is -0.431. The molecule has 0 fully saturated rings. The molecule has 17 heavy (non-hydrogen) atoms. The minimum Gasteiger partial charge on any atom is -0.461 e. The van der Waals surface area contributed by atoms with E-state index in [1.165, 1.54) is 0 Å². The zero-order valence-electron chi connectivity index (χ0n) is 9.64. The molecule has 2 rings (SSSR count). The Balaban J connectivity index is 2.27. The number of H-pyrrole nitrogens is 1. The van der Waals surface area contributed by atoms with Crippen LogP contribution in [0.3, 0.4) is 0 Å². The van der Waals surface area contributed by atoms with Crippen LogP contribution in [0, 0.1) is 0 Å². The minimum absolute atomic E-state index is 0.0353. The van der Waals surface area contributed by atoms with Gasteiger partial charge in [-0.25, -0.2) is 4.79 Å². The van der Waals surface area contributed by atoms with Crippen molar-refractivity contribution in [1.82, 2.24) is 15.4 Å². The molecular weight excluding hydrogens is 238 g/mol. The highest BCUT2D eigenvalue weighted by Gasteiger charge is 2.23. The van der Waals surface area contributed by atoms with Crippen LogP contribution in [0.5, 0.6) is 0 Å². The Kier molecular flexibility index (Phi) is 3.53. The molecule has 0 aliphatic carbocycles. The number of nitrogens with one attached hydrogen (secondary N) is 1. The van der Waals surface area contributed by atoms with E-state index >= 15 is 0 Å². The van der Waals surface area contributed by atoms with Gasteiger partial charge in [-0.2, -0.15) is 10.3 Å². The Hall–Kier alpha value is -1.69. The van der Waals surface area contributed by atoms with Crippen molar-refractivity contribution in [2.24, 2.45) is 0 Å². The second-order valence-electron chi connectivity index (χ2n) is 3.52. The molecule has 6 heteroatoms. The first-order valence-electron chi connectivity index (χ1n) is 5.35. The quantitative estimate of drug-likeness (QED) is 0.846. The normalized spacial score (nSPS) is 12.4. The van der Waals surface area contributed by atoms with Crippen molar-refractivity contribution in [3.05, 3.63) is 33.8 Å². The third kappa shape index (κ3) is 2.36. The van der Waals surface area contributed by atoms with Crippen LogP contribution >= 0.6 is 11.3 Å². The first-order valence-corrected chi connectivity index (χ1v) is 6.23. The second-order valence-corrected chi connectivity index (χ2v) is 4.49. The number of aromatic nitrogens is 3. The van der Waals surface area contributed by atoms with E-state index in [-0.39, 0.29) is 11.6 Å². The summed E-state index contributed by atoms with van der Waals surface area (Å²) in [5, 5.41) is 12.4. The number of hydrogen-bond acceptors (Lipinski definition) is 5. The molecule has 0 spiro atoms. The highest BCUT2D eigenvalue weighted by atomic mass is 32.1. The number of carbonyl (C=O) groups excluding carboxylic acids is 1. The lowest BCUT2D eigenvalue weighted by molar-refractivity contribution is 0.0518. The maximum atomic E-state index is 11.7. The predicted octanol–water partition coefficient (Wildman–Crippen LogP) is 2.19. The molecule has 2 heterocycles. The van der Waals surface area contributed by atoms with Crippen LogP contribution < -0.4 is 0 Å². The smallest absolute Gasteiger partial charge is 0.360 e. The summed E-state index contributed by atoms with van der Waals surface area (Å²) < 4.78 is 4.94. The first-order chi connectivity index (χ1) is 8.24. The van der Waals surface area contributed by atoms with E-state index in [1.807, 2.05) is 24.4 Å². The molecule has 5 nitrogen and oxygen atoms in total. The number of hydrogen-bond donors (Lipinski definition) is 1. The predicted molar refractivity (Wildman–Crippen MR) is 64.2 cm³/mol. The fraction of sp³-hybridized carbons (Fsp3) is 0.364. The Morgan fingerprint density at radius 1 is 1.59 bits per heavy atom. The molecular formula is C11H13N3O2S. The van der Waals surface area contributed by atoms with Gasteiger partial charge >= 0.3 is 5.97 Å². The van der Waals surface area contributed by atoms with Gasteiger partial charge in [-0.1, -0.05) is 13.0 Å². The fourth-order valence-corrected chi connectivity index (χ4v) is 2.35. The maximum absolute atomic E-state index is 11.7. The van der Waals surface area contributed by atoms with Crippen LogP contribution in [0.25, 0.3) is 0 Å². The van der Waals surface area contributed by atoms with E-state index in [0.717, 1.165) is 4.88 Å². The summed E-state index contributed by atoms with van der Waals surface area (Å²) in [6.45, 7) is 4.09. The van der Waals surface area contributed by atoms with Gasteiger partial charge in [0.1, 0.15) is 5.69 Å². The number of esters is 1. The van der Waals surface area contributed by atoms with Gasteiger partial charge in [-0.15, -0.1) is 16.4 Å². The molecule has 0 bridgehead atoms. The van der Waals surface area contributed by atoms with Crippen molar-refractivity contribution in [3.8, 4) is 0 Å². The molecule has 0 aliphatic rings. The fourth-order valence-electron chi connectivity index (χ4n) is 1.56. The Bertz CT molecular complexity index is 493. The molecule has 2 aromatic heterocycles. The lowest BCUT2D eigenvalue weighted by atomic mass is 10.0. The lowest BCUT2D eigenvalue weighted by Gasteiger charge is -2.07. The number of nitrogens with zero attached hydrogens (tertiary/aromatic N) is 2. The van der Waals surface area contributed by atoms with Crippen LogP contribution in [0.1, 0.15) is 40.8 Å². The summed E-state index contributed by atoms with van der Waals surface area (Å²) in [6, 6.07) is 3.99. The van der Waals surface area contributed by atoms with Crippen LogP contribution in [-0.4, -0.2) is 28.0 Å². The molecule has 1 atom stereocenters. The third-order valence-corrected chi connectivity index (χ3v) is 3.48. The SMILES string of the molecule is CCOC(=O)c1n[nH]nc1C(C)c1cccs1. The maximum Gasteiger partial charge on any atom is 0.360 e. The Labute approximate surface area is 103 Å². The number of aromatic amines is 1. The molecule has 0 saturated heterocycles. The van der Waals surface area contributed by atoms with Crippen molar-refractivity contribution in [3.63, 3.8) is 0 Å². The molecule has 90 valence electrons. The van der Waals surface area contributed by atoms with Gasteiger partial charge < -0.3 is 4.74 Å². The highest BCUT2D eigenvalue weighted by Crippen LogP contribution is 2.27. The molecule has 0 radical (unpaired) electrons. The van der Waals surface area contributed by atoms with E-state index < -0.39 is 5.97 Å². The van der Waals surface area contributed by atoms with Crippen molar-refractivity contribution in [1.29, 1.82) is 0 Å². The molecule has 1 N–H and O–H groups in total. The molecule has 0 saturated carbocycles. The van der Waals surface area contributed by atoms with Crippen molar-refractivity contribution >= 4 is 17.3 Å².